The summed E-state index contributed by atoms with van der Waals surface area (Å²) in [5, 5.41) is 0.231. The van der Waals surface area contributed by atoms with Gasteiger partial charge in [-0.25, -0.2) is 19.3 Å². The highest BCUT2D eigenvalue weighted by atomic mass is 35.5. The molecule has 0 saturated carbocycles. The normalized spacial score (nSPS) is 10.8. The van der Waals surface area contributed by atoms with Gasteiger partial charge < -0.3 is 0 Å². The number of H-pyrrole nitrogens is 1. The fourth-order valence-corrected chi connectivity index (χ4v) is 3.19. The number of aromatic nitrogens is 4. The second kappa shape index (κ2) is 7.97. The Morgan fingerprint density at radius 3 is 2.47 bits per heavy atom. The molecule has 2 aromatic carbocycles. The lowest BCUT2D eigenvalue weighted by Crippen LogP contribution is -2.34. The van der Waals surface area contributed by atoms with Gasteiger partial charge in [0.1, 0.15) is 0 Å². The standard InChI is InChI=1S/C23H17ClN4O2/c1-14(2)18-13-25-21-20(26-18)22(29)28(23(30)27-21)19-11-10-16(12-17(19)24)9-8-15-6-4-3-5-7-15/h3-7,10-14H,1-2H3,(H,25,27,30). The molecule has 1 N–H and O–H groups in total. The lowest BCUT2D eigenvalue weighted by Gasteiger charge is -2.09. The van der Waals surface area contributed by atoms with Gasteiger partial charge in [0.25, 0.3) is 5.56 Å². The van der Waals surface area contributed by atoms with Crippen molar-refractivity contribution < 1.29 is 0 Å². The number of aromatic amines is 1. The molecule has 0 atom stereocenters. The zero-order chi connectivity index (χ0) is 21.3. The molecule has 0 saturated heterocycles. The fraction of sp³-hybridized carbons (Fsp3) is 0.130. The first-order valence-electron chi connectivity index (χ1n) is 9.33. The van der Waals surface area contributed by atoms with Gasteiger partial charge in [0.05, 0.1) is 22.6 Å². The summed E-state index contributed by atoms with van der Waals surface area (Å²) in [4.78, 5) is 36.7. The molecule has 7 heteroatoms. The molecule has 148 valence electrons. The summed E-state index contributed by atoms with van der Waals surface area (Å²) < 4.78 is 0.970. The van der Waals surface area contributed by atoms with Gasteiger partial charge in [-0.3, -0.25) is 9.78 Å². The van der Waals surface area contributed by atoms with Crippen molar-refractivity contribution in [2.45, 2.75) is 19.8 Å². The monoisotopic (exact) mass is 416 g/mol. The summed E-state index contributed by atoms with van der Waals surface area (Å²) in [7, 11) is 0. The van der Waals surface area contributed by atoms with E-state index in [1.54, 1.807) is 24.4 Å². The zero-order valence-electron chi connectivity index (χ0n) is 16.3. The van der Waals surface area contributed by atoms with Crippen molar-refractivity contribution in [1.82, 2.24) is 19.5 Å². The fourth-order valence-electron chi connectivity index (χ4n) is 2.93. The van der Waals surface area contributed by atoms with Crippen LogP contribution in [-0.4, -0.2) is 19.5 Å². The van der Waals surface area contributed by atoms with E-state index in [2.05, 4.69) is 26.8 Å². The molecule has 0 aliphatic rings. The maximum atomic E-state index is 13.0. The first kappa shape index (κ1) is 19.6. The summed E-state index contributed by atoms with van der Waals surface area (Å²) in [6.07, 6.45) is 1.56. The molecule has 4 rings (SSSR count). The number of nitrogens with one attached hydrogen (secondary N) is 1. The van der Waals surface area contributed by atoms with Crippen LogP contribution in [0.3, 0.4) is 0 Å². The zero-order valence-corrected chi connectivity index (χ0v) is 17.1. The molecule has 0 unspecified atom stereocenters. The lowest BCUT2D eigenvalue weighted by atomic mass is 10.1. The summed E-state index contributed by atoms with van der Waals surface area (Å²) in [6.45, 7) is 3.90. The molecule has 0 aliphatic heterocycles. The third-order valence-corrected chi connectivity index (χ3v) is 4.83. The van der Waals surface area contributed by atoms with Crippen LogP contribution in [0, 0.1) is 11.8 Å². The summed E-state index contributed by atoms with van der Waals surface area (Å²) >= 11 is 6.41. The predicted molar refractivity (Wildman–Crippen MR) is 117 cm³/mol. The number of fused-ring (bicyclic) bond motifs is 1. The van der Waals surface area contributed by atoms with Crippen LogP contribution in [0.25, 0.3) is 16.9 Å². The van der Waals surface area contributed by atoms with E-state index in [0.29, 0.717) is 11.3 Å². The minimum Gasteiger partial charge on any atom is -0.290 e. The molecular formula is C23H17ClN4O2. The van der Waals surface area contributed by atoms with Gasteiger partial charge in [-0.05, 0) is 36.2 Å². The van der Waals surface area contributed by atoms with E-state index in [9.17, 15) is 9.59 Å². The number of hydrogen-bond donors (Lipinski definition) is 1. The van der Waals surface area contributed by atoms with Gasteiger partial charge in [0, 0.05) is 11.1 Å². The molecule has 2 heterocycles. The molecule has 0 aliphatic carbocycles. The van der Waals surface area contributed by atoms with Gasteiger partial charge in [-0.15, -0.1) is 0 Å². The SMILES string of the molecule is CC(C)c1cnc2[nH]c(=O)n(-c3ccc(C#Cc4ccccc4)cc3Cl)c(=O)c2n1. The van der Waals surface area contributed by atoms with E-state index in [4.69, 9.17) is 11.6 Å². The van der Waals surface area contributed by atoms with Crippen molar-refractivity contribution in [3.05, 3.63) is 97.4 Å². The Morgan fingerprint density at radius 2 is 1.77 bits per heavy atom. The average molecular weight is 417 g/mol. The number of nitrogens with zero attached hydrogens (tertiary/aromatic N) is 3. The smallest absolute Gasteiger partial charge is 0.290 e. The quantitative estimate of drug-likeness (QED) is 0.506. The number of benzene rings is 2. The molecule has 6 nitrogen and oxygen atoms in total. The Labute approximate surface area is 177 Å². The maximum Gasteiger partial charge on any atom is 0.334 e. The third-order valence-electron chi connectivity index (χ3n) is 4.53. The largest absolute Gasteiger partial charge is 0.334 e. The average Bonchev–Trinajstić information content (AvgIpc) is 2.74. The summed E-state index contributed by atoms with van der Waals surface area (Å²) in [5.74, 6) is 6.17. The number of hydrogen-bond acceptors (Lipinski definition) is 4. The minimum absolute atomic E-state index is 0.0878. The van der Waals surface area contributed by atoms with Crippen LogP contribution in [0.1, 0.15) is 36.6 Å². The summed E-state index contributed by atoms with van der Waals surface area (Å²) in [5.41, 5.74) is 1.48. The topological polar surface area (TPSA) is 80.6 Å². The van der Waals surface area contributed by atoms with Crippen LogP contribution in [0.15, 0.2) is 64.3 Å². The van der Waals surface area contributed by atoms with Gasteiger partial charge in [0.15, 0.2) is 11.2 Å². The molecular weight excluding hydrogens is 400 g/mol. The second-order valence-corrected chi connectivity index (χ2v) is 7.41. The van der Waals surface area contributed by atoms with Gasteiger partial charge >= 0.3 is 5.69 Å². The van der Waals surface area contributed by atoms with Crippen molar-refractivity contribution in [1.29, 1.82) is 0 Å². The molecule has 0 bridgehead atoms. The Hall–Kier alpha value is -3.69. The highest BCUT2D eigenvalue weighted by Crippen LogP contribution is 2.20. The van der Waals surface area contributed by atoms with Crippen LogP contribution >= 0.6 is 11.6 Å². The van der Waals surface area contributed by atoms with E-state index >= 15 is 0 Å². The van der Waals surface area contributed by atoms with Crippen LogP contribution in [0.4, 0.5) is 0 Å². The maximum absolute atomic E-state index is 13.0. The molecule has 30 heavy (non-hydrogen) atoms. The molecule has 4 aromatic rings. The Balaban J connectivity index is 1.81. The Morgan fingerprint density at radius 1 is 1.03 bits per heavy atom. The van der Waals surface area contributed by atoms with Crippen LogP contribution < -0.4 is 11.2 Å². The van der Waals surface area contributed by atoms with E-state index in [-0.39, 0.29) is 27.8 Å². The van der Waals surface area contributed by atoms with E-state index in [1.807, 2.05) is 44.2 Å². The Kier molecular flexibility index (Phi) is 5.21. The van der Waals surface area contributed by atoms with E-state index in [0.717, 1.165) is 10.1 Å². The Bertz CT molecular complexity index is 1430. The van der Waals surface area contributed by atoms with Crippen molar-refractivity contribution in [2.75, 3.05) is 0 Å². The van der Waals surface area contributed by atoms with E-state index < -0.39 is 11.2 Å². The first-order valence-corrected chi connectivity index (χ1v) is 9.71. The molecule has 2 aromatic heterocycles. The number of rotatable bonds is 2. The number of halogens is 1. The summed E-state index contributed by atoms with van der Waals surface area (Å²) in [6, 6.07) is 14.5. The van der Waals surface area contributed by atoms with Crippen molar-refractivity contribution in [2.24, 2.45) is 0 Å². The molecule has 0 radical (unpaired) electrons. The van der Waals surface area contributed by atoms with Crippen molar-refractivity contribution >= 4 is 22.8 Å². The minimum atomic E-state index is -0.635. The highest BCUT2D eigenvalue weighted by Gasteiger charge is 2.15. The van der Waals surface area contributed by atoms with Crippen LogP contribution in [0.2, 0.25) is 5.02 Å². The van der Waals surface area contributed by atoms with Gasteiger partial charge in [-0.2, -0.15) is 0 Å². The highest BCUT2D eigenvalue weighted by molar-refractivity contribution is 6.32. The van der Waals surface area contributed by atoms with Gasteiger partial charge in [0.2, 0.25) is 0 Å². The molecule has 0 amide bonds. The van der Waals surface area contributed by atoms with Crippen molar-refractivity contribution in [3.63, 3.8) is 0 Å². The van der Waals surface area contributed by atoms with Crippen LogP contribution in [-0.2, 0) is 0 Å². The molecule has 0 fully saturated rings. The van der Waals surface area contributed by atoms with Gasteiger partial charge in [-0.1, -0.05) is 55.5 Å². The lowest BCUT2D eigenvalue weighted by molar-refractivity contribution is 0.811. The predicted octanol–water partition coefficient (Wildman–Crippen LogP) is 3.65. The van der Waals surface area contributed by atoms with Crippen molar-refractivity contribution in [3.8, 4) is 17.5 Å². The first-order chi connectivity index (χ1) is 14.4. The van der Waals surface area contributed by atoms with Crippen LogP contribution in [0.5, 0.6) is 0 Å². The third kappa shape index (κ3) is 3.76. The second-order valence-electron chi connectivity index (χ2n) is 7.00. The molecule has 0 spiro atoms. The van der Waals surface area contributed by atoms with E-state index in [1.165, 1.54) is 0 Å².